The lowest BCUT2D eigenvalue weighted by molar-refractivity contribution is -0.204. The van der Waals surface area contributed by atoms with Gasteiger partial charge in [-0.05, 0) is 30.4 Å². The highest BCUT2D eigenvalue weighted by Crippen LogP contribution is 2.32. The van der Waals surface area contributed by atoms with Gasteiger partial charge in [-0.1, -0.05) is 60.7 Å². The molecule has 0 radical (unpaired) electrons. The summed E-state index contributed by atoms with van der Waals surface area (Å²) in [5.41, 5.74) is 2.03. The highest BCUT2D eigenvalue weighted by molar-refractivity contribution is 5.77. The van der Waals surface area contributed by atoms with Gasteiger partial charge in [0.05, 0.1) is 7.11 Å². The molecule has 1 fully saturated rings. The lowest BCUT2D eigenvalue weighted by atomic mass is 9.86. The Morgan fingerprint density at radius 2 is 1.60 bits per heavy atom. The molecule has 1 saturated heterocycles. The molecule has 25 heavy (non-hydrogen) atoms. The molecule has 2 aromatic rings. The predicted octanol–water partition coefficient (Wildman–Crippen LogP) is 3.90. The smallest absolute Gasteiger partial charge is 0.336 e. The fourth-order valence-electron chi connectivity index (χ4n) is 3.23. The molecule has 0 bridgehead atoms. The molecule has 3 rings (SSSR count). The highest BCUT2D eigenvalue weighted by Gasteiger charge is 2.35. The Bertz CT molecular complexity index is 611. The first kappa shape index (κ1) is 17.6. The van der Waals surface area contributed by atoms with Crippen molar-refractivity contribution in [1.29, 1.82) is 0 Å². The van der Waals surface area contributed by atoms with Crippen LogP contribution in [0.4, 0.5) is 0 Å². The van der Waals surface area contributed by atoms with E-state index in [1.807, 2.05) is 60.7 Å². The van der Waals surface area contributed by atoms with E-state index in [2.05, 4.69) is 0 Å². The van der Waals surface area contributed by atoms with Crippen LogP contribution in [0.15, 0.2) is 60.7 Å². The van der Waals surface area contributed by atoms with E-state index in [0.29, 0.717) is 6.61 Å². The number of esters is 1. The van der Waals surface area contributed by atoms with Crippen LogP contribution in [0.3, 0.4) is 0 Å². The van der Waals surface area contributed by atoms with Gasteiger partial charge in [0, 0.05) is 12.5 Å². The van der Waals surface area contributed by atoms with Crippen molar-refractivity contribution in [2.75, 3.05) is 13.7 Å². The standard InChI is InChI=1S/C21H24O4/c1-23-21(22)20(25-18-14-8-9-15-24-18)19(16-10-4-2-5-11-16)17-12-6-3-7-13-17/h2-7,10-13,18-20H,8-9,14-15H2,1H3. The van der Waals surface area contributed by atoms with E-state index in [9.17, 15) is 4.79 Å². The van der Waals surface area contributed by atoms with Crippen LogP contribution in [0, 0.1) is 0 Å². The minimum Gasteiger partial charge on any atom is -0.467 e. The maximum absolute atomic E-state index is 12.6. The summed E-state index contributed by atoms with van der Waals surface area (Å²) in [4.78, 5) is 12.6. The first-order chi connectivity index (χ1) is 12.3. The van der Waals surface area contributed by atoms with Crippen molar-refractivity contribution in [1.82, 2.24) is 0 Å². The van der Waals surface area contributed by atoms with E-state index in [4.69, 9.17) is 14.2 Å². The molecule has 2 unspecified atom stereocenters. The fourth-order valence-corrected chi connectivity index (χ4v) is 3.23. The monoisotopic (exact) mass is 340 g/mol. The second kappa shape index (κ2) is 8.79. The molecule has 1 aliphatic rings. The maximum atomic E-state index is 12.6. The SMILES string of the molecule is COC(=O)C(OC1CCCCO1)C(c1ccccc1)c1ccccc1. The zero-order chi connectivity index (χ0) is 17.5. The van der Waals surface area contributed by atoms with Gasteiger partial charge < -0.3 is 14.2 Å². The van der Waals surface area contributed by atoms with Crippen molar-refractivity contribution in [3.8, 4) is 0 Å². The average Bonchev–Trinajstić information content (AvgIpc) is 2.69. The molecule has 0 aromatic heterocycles. The third-order valence-corrected chi connectivity index (χ3v) is 4.49. The van der Waals surface area contributed by atoms with Gasteiger partial charge in [0.15, 0.2) is 12.4 Å². The minimum absolute atomic E-state index is 0.250. The van der Waals surface area contributed by atoms with E-state index >= 15 is 0 Å². The van der Waals surface area contributed by atoms with Gasteiger partial charge in [-0.15, -0.1) is 0 Å². The summed E-state index contributed by atoms with van der Waals surface area (Å²) >= 11 is 0. The first-order valence-corrected chi connectivity index (χ1v) is 8.74. The lowest BCUT2D eigenvalue weighted by Gasteiger charge is -2.31. The molecule has 0 N–H and O–H groups in total. The molecular formula is C21H24O4. The van der Waals surface area contributed by atoms with Crippen molar-refractivity contribution in [3.05, 3.63) is 71.8 Å². The van der Waals surface area contributed by atoms with E-state index in [0.717, 1.165) is 30.4 Å². The first-order valence-electron chi connectivity index (χ1n) is 8.74. The van der Waals surface area contributed by atoms with Gasteiger partial charge in [-0.25, -0.2) is 4.79 Å². The van der Waals surface area contributed by atoms with Gasteiger partial charge in [0.2, 0.25) is 0 Å². The Morgan fingerprint density at radius 3 is 2.08 bits per heavy atom. The van der Waals surface area contributed by atoms with Crippen molar-refractivity contribution < 1.29 is 19.0 Å². The number of carbonyl (C=O) groups is 1. The van der Waals surface area contributed by atoms with Crippen LogP contribution in [0.5, 0.6) is 0 Å². The quantitative estimate of drug-likeness (QED) is 0.748. The van der Waals surface area contributed by atoms with E-state index in [1.54, 1.807) is 0 Å². The summed E-state index contributed by atoms with van der Waals surface area (Å²) in [5, 5.41) is 0. The van der Waals surface area contributed by atoms with Crippen molar-refractivity contribution in [3.63, 3.8) is 0 Å². The van der Waals surface area contributed by atoms with Gasteiger partial charge in [-0.3, -0.25) is 0 Å². The van der Waals surface area contributed by atoms with Crippen LogP contribution in [-0.4, -0.2) is 32.1 Å². The Kier molecular flexibility index (Phi) is 6.20. The topological polar surface area (TPSA) is 44.8 Å². The van der Waals surface area contributed by atoms with Crippen molar-refractivity contribution >= 4 is 5.97 Å². The molecule has 1 heterocycles. The summed E-state index contributed by atoms with van der Waals surface area (Å²) in [6.45, 7) is 0.667. The highest BCUT2D eigenvalue weighted by atomic mass is 16.7. The third-order valence-electron chi connectivity index (χ3n) is 4.49. The largest absolute Gasteiger partial charge is 0.467 e. The van der Waals surface area contributed by atoms with Crippen molar-refractivity contribution in [2.24, 2.45) is 0 Å². The molecule has 132 valence electrons. The molecule has 4 heteroatoms. The number of methoxy groups -OCH3 is 1. The molecule has 2 aromatic carbocycles. The predicted molar refractivity (Wildman–Crippen MR) is 95.2 cm³/mol. The van der Waals surface area contributed by atoms with Crippen molar-refractivity contribution in [2.45, 2.75) is 37.6 Å². The summed E-state index contributed by atoms with van der Waals surface area (Å²) in [7, 11) is 1.40. The number of ether oxygens (including phenoxy) is 3. The Morgan fingerprint density at radius 1 is 1.00 bits per heavy atom. The average molecular weight is 340 g/mol. The molecule has 0 spiro atoms. The molecule has 0 saturated carbocycles. The second-order valence-corrected chi connectivity index (χ2v) is 6.18. The Labute approximate surface area is 148 Å². The summed E-state index contributed by atoms with van der Waals surface area (Å²) in [6.07, 6.45) is 1.75. The zero-order valence-electron chi connectivity index (χ0n) is 14.5. The Hall–Kier alpha value is -2.17. The zero-order valence-corrected chi connectivity index (χ0v) is 14.5. The molecule has 1 aliphatic heterocycles. The number of benzene rings is 2. The van der Waals surface area contributed by atoms with E-state index in [1.165, 1.54) is 7.11 Å². The van der Waals surface area contributed by atoms with Gasteiger partial charge >= 0.3 is 5.97 Å². The number of carbonyl (C=O) groups excluding carboxylic acids is 1. The molecule has 4 nitrogen and oxygen atoms in total. The van der Waals surface area contributed by atoms with Crippen LogP contribution < -0.4 is 0 Å². The van der Waals surface area contributed by atoms with Crippen LogP contribution in [0.1, 0.15) is 36.3 Å². The number of hydrogen-bond acceptors (Lipinski definition) is 4. The van der Waals surface area contributed by atoms with Gasteiger partial charge in [-0.2, -0.15) is 0 Å². The summed E-state index contributed by atoms with van der Waals surface area (Å²) < 4.78 is 16.9. The molecule has 2 atom stereocenters. The lowest BCUT2D eigenvalue weighted by Crippen LogP contribution is -2.38. The van der Waals surface area contributed by atoms with E-state index in [-0.39, 0.29) is 18.2 Å². The number of hydrogen-bond donors (Lipinski definition) is 0. The van der Waals surface area contributed by atoms with Crippen LogP contribution >= 0.6 is 0 Å². The van der Waals surface area contributed by atoms with Gasteiger partial charge in [0.25, 0.3) is 0 Å². The van der Waals surface area contributed by atoms with Gasteiger partial charge in [0.1, 0.15) is 0 Å². The molecular weight excluding hydrogens is 316 g/mol. The number of rotatable bonds is 6. The van der Waals surface area contributed by atoms with E-state index < -0.39 is 6.10 Å². The summed E-state index contributed by atoms with van der Waals surface area (Å²) in [5.74, 6) is -0.632. The normalized spacial score (nSPS) is 18.7. The van der Waals surface area contributed by atoms with Crippen LogP contribution in [0.2, 0.25) is 0 Å². The third kappa shape index (κ3) is 4.47. The van der Waals surface area contributed by atoms with Crippen LogP contribution in [-0.2, 0) is 19.0 Å². The fraction of sp³-hybridized carbons (Fsp3) is 0.381. The minimum atomic E-state index is -0.752. The summed E-state index contributed by atoms with van der Waals surface area (Å²) in [6, 6.07) is 19.9. The Balaban J connectivity index is 1.95. The molecule has 0 aliphatic carbocycles. The van der Waals surface area contributed by atoms with Crippen LogP contribution in [0.25, 0.3) is 0 Å². The second-order valence-electron chi connectivity index (χ2n) is 6.18. The maximum Gasteiger partial charge on any atom is 0.336 e. The molecule has 0 amide bonds.